The Bertz CT molecular complexity index is 1530. The van der Waals surface area contributed by atoms with E-state index < -0.39 is 0 Å². The number of hydrogen-bond acceptors (Lipinski definition) is 5. The number of nitrogens with two attached hydrogens (primary N) is 1. The van der Waals surface area contributed by atoms with Crippen LogP contribution in [0.2, 0.25) is 0 Å². The normalized spacial score (nSPS) is 14.7. The molecule has 0 aliphatic carbocycles. The van der Waals surface area contributed by atoms with Gasteiger partial charge in [-0.3, -0.25) is 19.5 Å². The topological polar surface area (TPSA) is 92.4 Å². The van der Waals surface area contributed by atoms with Gasteiger partial charge in [0.25, 0.3) is 0 Å². The van der Waals surface area contributed by atoms with E-state index in [2.05, 4.69) is 22.6 Å². The number of nitrogens with zero attached hydrogens (tertiary/aromatic N) is 4. The number of carbonyl (C=O) groups is 2. The average Bonchev–Trinajstić information content (AvgIpc) is 3.31. The Morgan fingerprint density at radius 1 is 0.943 bits per heavy atom. The molecule has 0 atom stereocenters. The van der Waals surface area contributed by atoms with Gasteiger partial charge in [-0.25, -0.2) is 4.98 Å². The predicted molar refractivity (Wildman–Crippen MR) is 138 cm³/mol. The molecule has 2 aliphatic heterocycles. The van der Waals surface area contributed by atoms with Crippen LogP contribution in [0.4, 0.5) is 22.9 Å². The van der Waals surface area contributed by atoms with Gasteiger partial charge in [-0.2, -0.15) is 0 Å². The molecule has 0 spiro atoms. The van der Waals surface area contributed by atoms with Crippen LogP contribution in [0.5, 0.6) is 0 Å². The molecule has 0 bridgehead atoms. The number of carbonyl (C=O) groups excluding carboxylic acids is 2. The summed E-state index contributed by atoms with van der Waals surface area (Å²) in [5, 5.41) is 0.893. The Labute approximate surface area is 202 Å². The molecule has 2 aromatic heterocycles. The molecule has 6 rings (SSSR count). The smallest absolute Gasteiger partial charge is 0.250 e. The monoisotopic (exact) mass is 461 g/mol. The number of hydrogen-bond donors (Lipinski definition) is 1. The second-order valence-electron chi connectivity index (χ2n) is 8.82. The van der Waals surface area contributed by atoms with Crippen LogP contribution < -0.4 is 15.5 Å². The SMILES string of the molecule is C=CC(=O)N1CCc2ccc(N3C(=O)CCc4cnc5ccc(-c6ccc(N)nc6)cc5c43)cc21. The molecule has 2 aromatic carbocycles. The Balaban J connectivity index is 1.52. The minimum atomic E-state index is -0.136. The zero-order valence-corrected chi connectivity index (χ0v) is 19.1. The van der Waals surface area contributed by atoms with Gasteiger partial charge in [0.2, 0.25) is 11.8 Å². The van der Waals surface area contributed by atoms with Crippen LogP contribution in [0.25, 0.3) is 22.0 Å². The first-order valence-corrected chi connectivity index (χ1v) is 11.6. The highest BCUT2D eigenvalue weighted by atomic mass is 16.2. The highest BCUT2D eigenvalue weighted by molar-refractivity contribution is 6.11. The fraction of sp³-hybridized carbons (Fsp3) is 0.143. The van der Waals surface area contributed by atoms with Crippen LogP contribution in [0.3, 0.4) is 0 Å². The van der Waals surface area contributed by atoms with E-state index in [-0.39, 0.29) is 11.8 Å². The van der Waals surface area contributed by atoms with Gasteiger partial charge < -0.3 is 10.6 Å². The molecular formula is C28H23N5O2. The first kappa shape index (κ1) is 21.0. The van der Waals surface area contributed by atoms with E-state index in [1.165, 1.54) is 6.08 Å². The third-order valence-electron chi connectivity index (χ3n) is 6.78. The van der Waals surface area contributed by atoms with Crippen LogP contribution >= 0.6 is 0 Å². The van der Waals surface area contributed by atoms with Gasteiger partial charge in [0.05, 0.1) is 16.9 Å². The molecular weight excluding hydrogens is 438 g/mol. The summed E-state index contributed by atoms with van der Waals surface area (Å²) in [6.07, 6.45) is 6.75. The minimum absolute atomic E-state index is 0.0177. The van der Waals surface area contributed by atoms with Gasteiger partial charge in [-0.05, 0) is 72.0 Å². The molecule has 4 heterocycles. The van der Waals surface area contributed by atoms with Crippen LogP contribution in [0, 0.1) is 0 Å². The number of nitrogen functional groups attached to an aromatic ring is 1. The van der Waals surface area contributed by atoms with E-state index in [4.69, 9.17) is 5.73 Å². The Hall–Kier alpha value is -4.52. The molecule has 0 radical (unpaired) electrons. The lowest BCUT2D eigenvalue weighted by Crippen LogP contribution is -2.31. The maximum absolute atomic E-state index is 13.4. The van der Waals surface area contributed by atoms with E-state index in [1.807, 2.05) is 42.6 Å². The molecule has 2 N–H and O–H groups in total. The van der Waals surface area contributed by atoms with Crippen molar-refractivity contribution in [1.82, 2.24) is 9.97 Å². The van der Waals surface area contributed by atoms with Crippen molar-refractivity contribution in [1.29, 1.82) is 0 Å². The van der Waals surface area contributed by atoms with E-state index in [1.54, 1.807) is 22.1 Å². The second kappa shape index (κ2) is 8.06. The average molecular weight is 462 g/mol. The van der Waals surface area contributed by atoms with Crippen LogP contribution in [0.1, 0.15) is 17.5 Å². The maximum Gasteiger partial charge on any atom is 0.250 e. The summed E-state index contributed by atoms with van der Waals surface area (Å²) in [7, 11) is 0. The number of aryl methyl sites for hydroxylation is 1. The van der Waals surface area contributed by atoms with Crippen molar-refractivity contribution >= 4 is 45.6 Å². The number of fused-ring (bicyclic) bond motifs is 4. The summed E-state index contributed by atoms with van der Waals surface area (Å²) >= 11 is 0. The third-order valence-corrected chi connectivity index (χ3v) is 6.78. The number of anilines is 4. The molecule has 0 unspecified atom stereocenters. The molecule has 4 aromatic rings. The molecule has 7 nitrogen and oxygen atoms in total. The molecule has 0 saturated carbocycles. The summed E-state index contributed by atoms with van der Waals surface area (Å²) in [4.78, 5) is 38.1. The van der Waals surface area contributed by atoms with Gasteiger partial charge in [0.1, 0.15) is 5.82 Å². The van der Waals surface area contributed by atoms with Crippen LogP contribution in [0.15, 0.2) is 73.6 Å². The third kappa shape index (κ3) is 3.44. The molecule has 2 amide bonds. The second-order valence-corrected chi connectivity index (χ2v) is 8.82. The van der Waals surface area contributed by atoms with Gasteiger partial charge >= 0.3 is 0 Å². The zero-order valence-electron chi connectivity index (χ0n) is 19.1. The van der Waals surface area contributed by atoms with Crippen molar-refractivity contribution in [3.05, 3.63) is 84.7 Å². The van der Waals surface area contributed by atoms with Crippen molar-refractivity contribution in [2.75, 3.05) is 22.1 Å². The molecule has 2 aliphatic rings. The van der Waals surface area contributed by atoms with E-state index in [0.717, 1.165) is 56.6 Å². The summed E-state index contributed by atoms with van der Waals surface area (Å²) in [6.45, 7) is 4.24. The van der Waals surface area contributed by atoms with Gasteiger partial charge in [0.15, 0.2) is 0 Å². The van der Waals surface area contributed by atoms with Crippen molar-refractivity contribution in [3.8, 4) is 11.1 Å². The fourth-order valence-corrected chi connectivity index (χ4v) is 5.02. The van der Waals surface area contributed by atoms with Gasteiger partial charge in [-0.1, -0.05) is 18.7 Å². The largest absolute Gasteiger partial charge is 0.384 e. The highest BCUT2D eigenvalue weighted by Crippen LogP contribution is 2.42. The first-order valence-electron chi connectivity index (χ1n) is 11.6. The zero-order chi connectivity index (χ0) is 24.1. The summed E-state index contributed by atoms with van der Waals surface area (Å²) in [5.74, 6) is 0.345. The van der Waals surface area contributed by atoms with E-state index >= 15 is 0 Å². The van der Waals surface area contributed by atoms with Gasteiger partial charge in [0, 0.05) is 42.0 Å². The quantitative estimate of drug-likeness (QED) is 0.452. The van der Waals surface area contributed by atoms with E-state index in [9.17, 15) is 9.59 Å². The van der Waals surface area contributed by atoms with Crippen LogP contribution in [-0.4, -0.2) is 28.3 Å². The number of aromatic nitrogens is 2. The molecule has 0 fully saturated rings. The fourth-order valence-electron chi connectivity index (χ4n) is 5.02. The number of pyridine rings is 2. The van der Waals surface area contributed by atoms with E-state index in [0.29, 0.717) is 25.2 Å². The lowest BCUT2D eigenvalue weighted by Gasteiger charge is -2.31. The molecule has 7 heteroatoms. The van der Waals surface area contributed by atoms with Crippen molar-refractivity contribution in [2.24, 2.45) is 0 Å². The van der Waals surface area contributed by atoms with Crippen LogP contribution in [-0.2, 0) is 22.4 Å². The summed E-state index contributed by atoms with van der Waals surface area (Å²) < 4.78 is 0. The standard InChI is InChI=1S/C28H23N5O2/c1-2-26(34)32-12-11-17-3-7-21(14-24(17)32)33-27(35)10-6-20-16-30-23-8-4-18(13-22(23)28(20)33)19-5-9-25(29)31-15-19/h2-5,7-9,13-16H,1,6,10-12H2,(H2,29,31). The van der Waals surface area contributed by atoms with Crippen molar-refractivity contribution in [3.63, 3.8) is 0 Å². The molecule has 172 valence electrons. The number of benzene rings is 2. The minimum Gasteiger partial charge on any atom is -0.384 e. The summed E-state index contributed by atoms with van der Waals surface area (Å²) in [5.41, 5.74) is 13.0. The predicted octanol–water partition coefficient (Wildman–Crippen LogP) is 4.57. The lowest BCUT2D eigenvalue weighted by atomic mass is 9.96. The Morgan fingerprint density at radius 2 is 1.80 bits per heavy atom. The highest BCUT2D eigenvalue weighted by Gasteiger charge is 2.30. The lowest BCUT2D eigenvalue weighted by molar-refractivity contribution is -0.118. The molecule has 35 heavy (non-hydrogen) atoms. The Kier molecular flexibility index (Phi) is 4.84. The Morgan fingerprint density at radius 3 is 2.60 bits per heavy atom. The first-order chi connectivity index (χ1) is 17.0. The molecule has 0 saturated heterocycles. The summed E-state index contributed by atoms with van der Waals surface area (Å²) in [6, 6.07) is 15.6. The number of amides is 2. The number of rotatable bonds is 3. The maximum atomic E-state index is 13.4. The van der Waals surface area contributed by atoms with Crippen molar-refractivity contribution in [2.45, 2.75) is 19.3 Å². The van der Waals surface area contributed by atoms with Gasteiger partial charge in [-0.15, -0.1) is 0 Å². The van der Waals surface area contributed by atoms with Crippen molar-refractivity contribution < 1.29 is 9.59 Å².